The Labute approximate surface area is 198 Å². The van der Waals surface area contributed by atoms with Crippen molar-refractivity contribution in [2.45, 2.75) is 97.7 Å². The highest BCUT2D eigenvalue weighted by atomic mass is 16.5. The van der Waals surface area contributed by atoms with E-state index >= 15 is 0 Å². The highest BCUT2D eigenvalue weighted by Gasteiger charge is 2.64. The number of rotatable bonds is 7. The van der Waals surface area contributed by atoms with E-state index in [1.54, 1.807) is 27.0 Å². The van der Waals surface area contributed by atoms with Gasteiger partial charge in [0.15, 0.2) is 0 Å². The summed E-state index contributed by atoms with van der Waals surface area (Å²) in [6.07, 6.45) is 6.47. The summed E-state index contributed by atoms with van der Waals surface area (Å²) in [5.74, 6) is 0.443. The molecule has 2 aliphatic carbocycles. The molecule has 3 rings (SSSR count). The predicted molar refractivity (Wildman–Crippen MR) is 131 cm³/mol. The first-order chi connectivity index (χ1) is 15.1. The van der Waals surface area contributed by atoms with E-state index in [0.29, 0.717) is 25.0 Å². The normalized spacial score (nSPS) is 32.7. The van der Waals surface area contributed by atoms with Crippen molar-refractivity contribution >= 4 is 5.78 Å². The topological polar surface area (TPSA) is 87.0 Å². The summed E-state index contributed by atoms with van der Waals surface area (Å²) in [4.78, 5) is 13.8. The van der Waals surface area contributed by atoms with E-state index < -0.39 is 22.5 Å². The molecule has 1 aromatic carbocycles. The molecule has 5 nitrogen and oxygen atoms in total. The number of aromatic hydroxyl groups is 1. The van der Waals surface area contributed by atoms with Gasteiger partial charge in [-0.15, -0.1) is 0 Å². The van der Waals surface area contributed by atoms with E-state index in [2.05, 4.69) is 13.8 Å². The number of benzene rings is 1. The SMILES string of the molecule is COc1cc(C)c(O)c(C/C=C(\C)CC2(O)C[C@@]3(C)CCC[C@@]3(C)C(=O)C2CC(C)(C)O)c1. The van der Waals surface area contributed by atoms with E-state index in [-0.39, 0.29) is 23.4 Å². The molecule has 2 saturated carbocycles. The smallest absolute Gasteiger partial charge is 0.145 e. The van der Waals surface area contributed by atoms with E-state index in [9.17, 15) is 20.1 Å². The fourth-order valence-corrected chi connectivity index (χ4v) is 6.44. The predicted octanol–water partition coefficient (Wildman–Crippen LogP) is 5.27. The van der Waals surface area contributed by atoms with E-state index in [0.717, 1.165) is 36.0 Å². The Balaban J connectivity index is 1.90. The van der Waals surface area contributed by atoms with Crippen molar-refractivity contribution < 1.29 is 24.9 Å². The van der Waals surface area contributed by atoms with Gasteiger partial charge in [-0.1, -0.05) is 31.9 Å². The van der Waals surface area contributed by atoms with Crippen LogP contribution in [-0.4, -0.2) is 39.4 Å². The van der Waals surface area contributed by atoms with Crippen LogP contribution < -0.4 is 4.74 Å². The standard InChI is InChI=1S/C28H42O5/c1-18(9-10-20-14-21(33-7)13-19(2)23(20)29)15-28(32)17-26(5)11-8-12-27(26,6)24(30)22(28)16-25(3,4)31/h9,13-14,22,29,31-32H,8,10-12,15-17H2,1-7H3/b18-9+/t22?,26-,27+,28?/m1/s1. The number of fused-ring (bicyclic) bond motifs is 1. The van der Waals surface area contributed by atoms with Gasteiger partial charge in [-0.25, -0.2) is 0 Å². The van der Waals surface area contributed by atoms with Crippen LogP contribution in [0.4, 0.5) is 0 Å². The van der Waals surface area contributed by atoms with Gasteiger partial charge in [-0.05, 0) is 89.3 Å². The molecule has 33 heavy (non-hydrogen) atoms. The van der Waals surface area contributed by atoms with Crippen molar-refractivity contribution in [3.63, 3.8) is 0 Å². The van der Waals surface area contributed by atoms with Gasteiger partial charge in [0.05, 0.1) is 24.2 Å². The molecule has 2 fully saturated rings. The molecule has 0 radical (unpaired) electrons. The number of phenols is 1. The number of carbonyl (C=O) groups excluding carboxylic acids is 1. The lowest BCUT2D eigenvalue weighted by Gasteiger charge is -2.55. The minimum Gasteiger partial charge on any atom is -0.507 e. The average molecular weight is 459 g/mol. The molecular weight excluding hydrogens is 416 g/mol. The Morgan fingerprint density at radius 3 is 2.55 bits per heavy atom. The van der Waals surface area contributed by atoms with Crippen LogP contribution in [0.2, 0.25) is 0 Å². The van der Waals surface area contributed by atoms with Crippen LogP contribution in [0.15, 0.2) is 23.8 Å². The van der Waals surface area contributed by atoms with Crippen molar-refractivity contribution in [1.82, 2.24) is 0 Å². The molecule has 184 valence electrons. The highest BCUT2D eigenvalue weighted by Crippen LogP contribution is 2.63. The molecule has 0 bridgehead atoms. The number of methoxy groups -OCH3 is 1. The second-order valence-corrected chi connectivity index (χ2v) is 11.8. The number of ketones is 1. The third kappa shape index (κ3) is 4.85. The largest absolute Gasteiger partial charge is 0.507 e. The van der Waals surface area contributed by atoms with Gasteiger partial charge in [0.25, 0.3) is 0 Å². The molecule has 0 amide bonds. The minimum atomic E-state index is -1.21. The molecular formula is C28H42O5. The van der Waals surface area contributed by atoms with Crippen LogP contribution in [-0.2, 0) is 11.2 Å². The summed E-state index contributed by atoms with van der Waals surface area (Å²) in [6.45, 7) is 11.5. The number of hydrogen-bond donors (Lipinski definition) is 3. The fourth-order valence-electron chi connectivity index (χ4n) is 6.44. The third-order valence-electron chi connectivity index (χ3n) is 8.49. The van der Waals surface area contributed by atoms with E-state index in [4.69, 9.17) is 4.74 Å². The number of ether oxygens (including phenoxy) is 1. The molecule has 0 spiro atoms. The highest BCUT2D eigenvalue weighted by molar-refractivity contribution is 5.90. The number of aliphatic hydroxyl groups is 2. The van der Waals surface area contributed by atoms with Gasteiger partial charge in [0.2, 0.25) is 0 Å². The first-order valence-electron chi connectivity index (χ1n) is 12.2. The maximum Gasteiger partial charge on any atom is 0.145 e. The molecule has 5 heteroatoms. The lowest BCUT2D eigenvalue weighted by atomic mass is 9.50. The van der Waals surface area contributed by atoms with Crippen LogP contribution in [0.25, 0.3) is 0 Å². The van der Waals surface area contributed by atoms with Gasteiger partial charge >= 0.3 is 0 Å². The molecule has 3 N–H and O–H groups in total. The molecule has 4 atom stereocenters. The first-order valence-corrected chi connectivity index (χ1v) is 12.2. The Bertz CT molecular complexity index is 942. The lowest BCUT2D eigenvalue weighted by molar-refractivity contribution is -0.175. The van der Waals surface area contributed by atoms with E-state index in [1.807, 2.05) is 26.0 Å². The zero-order valence-corrected chi connectivity index (χ0v) is 21.4. The van der Waals surface area contributed by atoms with Crippen molar-refractivity contribution in [3.8, 4) is 11.5 Å². The maximum absolute atomic E-state index is 13.8. The summed E-state index contributed by atoms with van der Waals surface area (Å²) >= 11 is 0. The van der Waals surface area contributed by atoms with Crippen molar-refractivity contribution in [1.29, 1.82) is 0 Å². The van der Waals surface area contributed by atoms with Crippen LogP contribution in [0.1, 0.15) is 84.3 Å². The number of Topliss-reactive ketones (excluding diaryl/α,β-unsaturated/α-hetero) is 1. The molecule has 0 heterocycles. The minimum absolute atomic E-state index is 0.104. The zero-order valence-electron chi connectivity index (χ0n) is 21.4. The summed E-state index contributed by atoms with van der Waals surface area (Å²) in [6, 6.07) is 3.62. The number of phenolic OH excluding ortho intramolecular Hbond substituents is 1. The van der Waals surface area contributed by atoms with Gasteiger partial charge in [-0.3, -0.25) is 4.79 Å². The maximum atomic E-state index is 13.8. The zero-order chi connectivity index (χ0) is 24.8. The number of aryl methyl sites for hydroxylation is 1. The Morgan fingerprint density at radius 2 is 1.94 bits per heavy atom. The summed E-state index contributed by atoms with van der Waals surface area (Å²) < 4.78 is 5.33. The third-order valence-corrected chi connectivity index (χ3v) is 8.49. The van der Waals surface area contributed by atoms with Crippen molar-refractivity contribution in [2.24, 2.45) is 16.7 Å². The van der Waals surface area contributed by atoms with Crippen molar-refractivity contribution in [3.05, 3.63) is 34.9 Å². The number of hydrogen-bond acceptors (Lipinski definition) is 5. The Kier molecular flexibility index (Phi) is 6.82. The Morgan fingerprint density at radius 1 is 1.27 bits per heavy atom. The summed E-state index contributed by atoms with van der Waals surface area (Å²) in [7, 11) is 1.60. The van der Waals surface area contributed by atoms with Crippen LogP contribution in [0.5, 0.6) is 11.5 Å². The second kappa shape index (κ2) is 8.74. The lowest BCUT2D eigenvalue weighted by Crippen LogP contribution is -2.60. The monoisotopic (exact) mass is 458 g/mol. The molecule has 2 aliphatic rings. The second-order valence-electron chi connectivity index (χ2n) is 11.8. The number of carbonyl (C=O) groups is 1. The molecule has 1 aromatic rings. The first kappa shape index (κ1) is 25.8. The quantitative estimate of drug-likeness (QED) is 0.485. The fraction of sp³-hybridized carbons (Fsp3) is 0.679. The molecule has 0 aromatic heterocycles. The van der Waals surface area contributed by atoms with Crippen LogP contribution in [0.3, 0.4) is 0 Å². The number of allylic oxidation sites excluding steroid dienone is 1. The van der Waals surface area contributed by atoms with Gasteiger partial charge in [0.1, 0.15) is 17.3 Å². The van der Waals surface area contributed by atoms with Gasteiger partial charge < -0.3 is 20.1 Å². The molecule has 0 saturated heterocycles. The van der Waals surface area contributed by atoms with Gasteiger partial charge in [-0.2, -0.15) is 0 Å². The van der Waals surface area contributed by atoms with Crippen LogP contribution >= 0.6 is 0 Å². The molecule has 2 unspecified atom stereocenters. The Hall–Kier alpha value is -1.85. The van der Waals surface area contributed by atoms with Gasteiger partial charge in [0, 0.05) is 11.0 Å². The van der Waals surface area contributed by atoms with Crippen LogP contribution in [0, 0.1) is 23.7 Å². The summed E-state index contributed by atoms with van der Waals surface area (Å²) in [5.41, 5.74) is -0.446. The molecule has 0 aliphatic heterocycles. The summed E-state index contributed by atoms with van der Waals surface area (Å²) in [5, 5.41) is 33.0. The average Bonchev–Trinajstić information content (AvgIpc) is 3.00. The van der Waals surface area contributed by atoms with E-state index in [1.165, 1.54) is 0 Å². The van der Waals surface area contributed by atoms with Crippen molar-refractivity contribution in [2.75, 3.05) is 7.11 Å².